The van der Waals surface area contributed by atoms with Gasteiger partial charge < -0.3 is 14.8 Å². The molecule has 10 heteroatoms. The van der Waals surface area contributed by atoms with E-state index in [0.717, 1.165) is 5.56 Å². The first-order valence-corrected chi connectivity index (χ1v) is 13.2. The van der Waals surface area contributed by atoms with Gasteiger partial charge in [0.05, 0.1) is 15.9 Å². The molecule has 0 bridgehead atoms. The minimum absolute atomic E-state index is 0.0144. The maximum atomic E-state index is 13.3. The van der Waals surface area contributed by atoms with Crippen LogP contribution in [0, 0.1) is 10.5 Å². The van der Waals surface area contributed by atoms with Gasteiger partial charge in [0.2, 0.25) is 0 Å². The molecule has 0 unspecified atom stereocenters. The first kappa shape index (κ1) is 27.3. The number of para-hydroxylation sites is 1. The zero-order chi connectivity index (χ0) is 27.2. The molecule has 38 heavy (non-hydrogen) atoms. The number of aryl methyl sites for hydroxylation is 1. The van der Waals surface area contributed by atoms with Crippen molar-refractivity contribution in [2.24, 2.45) is 0 Å². The fourth-order valence-electron chi connectivity index (χ4n) is 3.68. The smallest absolute Gasteiger partial charge is 0.270 e. The van der Waals surface area contributed by atoms with Gasteiger partial charge in [-0.25, -0.2) is 0 Å². The van der Waals surface area contributed by atoms with Crippen LogP contribution < -0.4 is 25.0 Å². The van der Waals surface area contributed by atoms with E-state index in [1.165, 1.54) is 11.0 Å². The van der Waals surface area contributed by atoms with Gasteiger partial charge in [-0.2, -0.15) is 0 Å². The molecule has 0 saturated carbocycles. The lowest BCUT2D eigenvalue weighted by molar-refractivity contribution is -0.122. The van der Waals surface area contributed by atoms with Crippen molar-refractivity contribution in [3.8, 4) is 11.5 Å². The summed E-state index contributed by atoms with van der Waals surface area (Å²) >= 11 is 7.31. The van der Waals surface area contributed by atoms with Crippen LogP contribution in [0.25, 0.3) is 6.08 Å². The summed E-state index contributed by atoms with van der Waals surface area (Å²) in [6, 6.07) is 19.7. The van der Waals surface area contributed by atoms with Crippen molar-refractivity contribution in [2.45, 2.75) is 13.8 Å². The highest BCUT2D eigenvalue weighted by Gasteiger charge is 2.34. The van der Waals surface area contributed by atoms with Crippen LogP contribution in [-0.4, -0.2) is 36.0 Å². The highest BCUT2D eigenvalue weighted by Crippen LogP contribution is 2.35. The van der Waals surface area contributed by atoms with Crippen molar-refractivity contribution in [3.63, 3.8) is 0 Å². The van der Waals surface area contributed by atoms with Crippen molar-refractivity contribution < 1.29 is 23.9 Å². The quantitative estimate of drug-likeness (QED) is 0.158. The number of benzene rings is 3. The number of carbonyl (C=O) groups is 3. The van der Waals surface area contributed by atoms with E-state index in [9.17, 15) is 14.4 Å². The fourth-order valence-corrected chi connectivity index (χ4v) is 4.74. The summed E-state index contributed by atoms with van der Waals surface area (Å²) in [5, 5.41) is 5.38. The van der Waals surface area contributed by atoms with Crippen LogP contribution in [0.1, 0.15) is 18.1 Å². The summed E-state index contributed by atoms with van der Waals surface area (Å²) in [7, 11) is 0. The van der Waals surface area contributed by atoms with Crippen LogP contribution in [0.15, 0.2) is 72.3 Å². The lowest BCUT2D eigenvalue weighted by Gasteiger charge is -2.28. The van der Waals surface area contributed by atoms with Crippen LogP contribution in [0.4, 0.5) is 11.4 Å². The van der Waals surface area contributed by atoms with E-state index >= 15 is 0 Å². The second-order valence-electron chi connectivity index (χ2n) is 8.26. The molecule has 8 nitrogen and oxygen atoms in total. The number of halogens is 1. The minimum Gasteiger partial charge on any atom is -0.490 e. The largest absolute Gasteiger partial charge is 0.490 e. The first-order chi connectivity index (χ1) is 18.3. The van der Waals surface area contributed by atoms with E-state index in [-0.39, 0.29) is 23.2 Å². The average molecular weight is 641 g/mol. The van der Waals surface area contributed by atoms with Crippen molar-refractivity contribution in [1.82, 2.24) is 5.32 Å². The lowest BCUT2D eigenvalue weighted by Crippen LogP contribution is -2.54. The number of anilines is 2. The Morgan fingerprint density at radius 1 is 1.08 bits per heavy atom. The number of ether oxygens (including phenoxy) is 2. The van der Waals surface area contributed by atoms with Crippen LogP contribution in [0.2, 0.25) is 0 Å². The van der Waals surface area contributed by atoms with Gasteiger partial charge >= 0.3 is 0 Å². The summed E-state index contributed by atoms with van der Waals surface area (Å²) in [5.74, 6) is -0.673. The third kappa shape index (κ3) is 6.37. The maximum Gasteiger partial charge on any atom is 0.270 e. The monoisotopic (exact) mass is 641 g/mol. The molecule has 3 amide bonds. The summed E-state index contributed by atoms with van der Waals surface area (Å²) in [5.41, 5.74) is 2.78. The summed E-state index contributed by atoms with van der Waals surface area (Å²) in [6.45, 7) is 3.91. The molecular formula is C28H24IN3O5S. The number of thiocarbonyl (C=S) groups is 1. The molecule has 1 heterocycles. The topological polar surface area (TPSA) is 97.0 Å². The number of carbonyl (C=O) groups excluding carboxylic acids is 3. The molecule has 0 aromatic heterocycles. The molecule has 194 valence electrons. The molecule has 0 spiro atoms. The van der Waals surface area contributed by atoms with Crippen LogP contribution in [-0.2, 0) is 14.4 Å². The Kier molecular flexibility index (Phi) is 8.74. The van der Waals surface area contributed by atoms with Gasteiger partial charge in [-0.05, 0) is 96.7 Å². The van der Waals surface area contributed by atoms with Crippen molar-refractivity contribution in [2.75, 3.05) is 23.4 Å². The lowest BCUT2D eigenvalue weighted by atomic mass is 10.1. The van der Waals surface area contributed by atoms with Crippen LogP contribution in [0.3, 0.4) is 0 Å². The second kappa shape index (κ2) is 12.2. The molecule has 2 N–H and O–H groups in total. The Morgan fingerprint density at radius 3 is 2.47 bits per heavy atom. The maximum absolute atomic E-state index is 13.3. The summed E-state index contributed by atoms with van der Waals surface area (Å²) < 4.78 is 12.2. The minimum atomic E-state index is -0.590. The third-order valence-electron chi connectivity index (χ3n) is 5.44. The number of hydrogen-bond donors (Lipinski definition) is 2. The second-order valence-corrected chi connectivity index (χ2v) is 9.81. The fraction of sp³-hybridized carbons (Fsp3) is 0.143. The van der Waals surface area contributed by atoms with E-state index < -0.39 is 11.8 Å². The van der Waals surface area contributed by atoms with Gasteiger partial charge in [0.15, 0.2) is 23.2 Å². The van der Waals surface area contributed by atoms with Crippen molar-refractivity contribution in [3.05, 3.63) is 87.0 Å². The van der Waals surface area contributed by atoms with E-state index in [0.29, 0.717) is 38.6 Å². The molecule has 3 aromatic rings. The molecular weight excluding hydrogens is 617 g/mol. The Hall–Kier alpha value is -3.77. The predicted molar refractivity (Wildman–Crippen MR) is 158 cm³/mol. The Bertz CT molecular complexity index is 1420. The molecule has 1 fully saturated rings. The van der Waals surface area contributed by atoms with Gasteiger partial charge in [0, 0.05) is 5.69 Å². The van der Waals surface area contributed by atoms with E-state index in [2.05, 4.69) is 33.2 Å². The zero-order valence-electron chi connectivity index (χ0n) is 20.6. The molecule has 0 aliphatic carbocycles. The summed E-state index contributed by atoms with van der Waals surface area (Å²) in [6.07, 6.45) is 1.48. The molecule has 4 rings (SSSR count). The van der Waals surface area contributed by atoms with Gasteiger partial charge in [-0.3, -0.25) is 24.6 Å². The Labute approximate surface area is 239 Å². The molecule has 0 radical (unpaired) electrons. The van der Waals surface area contributed by atoms with Gasteiger partial charge in [-0.1, -0.05) is 35.9 Å². The van der Waals surface area contributed by atoms with Crippen LogP contribution >= 0.6 is 34.8 Å². The standard InChI is InChI=1S/C28H24IN3O5S/c1-3-36-23-15-18(13-21-26(34)31-28(38)32(27(21)35)20-7-5-4-6-8-20)14-22(29)25(23)37-16-24(33)30-19-11-9-17(2)10-12-19/h4-15H,3,16H2,1-2H3,(H,30,33)(H,31,34,38)/b21-13-. The highest BCUT2D eigenvalue weighted by molar-refractivity contribution is 14.1. The number of nitrogens with one attached hydrogen (secondary N) is 2. The highest BCUT2D eigenvalue weighted by atomic mass is 127. The number of amides is 3. The van der Waals surface area contributed by atoms with E-state index in [1.54, 1.807) is 36.4 Å². The normalized spacial score (nSPS) is 14.3. The molecule has 3 aromatic carbocycles. The number of rotatable bonds is 8. The van der Waals surface area contributed by atoms with E-state index in [1.807, 2.05) is 44.2 Å². The van der Waals surface area contributed by atoms with Crippen molar-refractivity contribution in [1.29, 1.82) is 0 Å². The summed E-state index contributed by atoms with van der Waals surface area (Å²) in [4.78, 5) is 39.7. The Morgan fingerprint density at radius 2 is 1.79 bits per heavy atom. The van der Waals surface area contributed by atoms with Crippen molar-refractivity contribution >= 4 is 75.1 Å². The molecule has 1 aliphatic heterocycles. The predicted octanol–water partition coefficient (Wildman–Crippen LogP) is 4.85. The Balaban J connectivity index is 1.57. The third-order valence-corrected chi connectivity index (χ3v) is 6.53. The first-order valence-electron chi connectivity index (χ1n) is 11.7. The van der Waals surface area contributed by atoms with E-state index in [4.69, 9.17) is 21.7 Å². The van der Waals surface area contributed by atoms with Gasteiger partial charge in [0.1, 0.15) is 5.57 Å². The van der Waals surface area contributed by atoms with Gasteiger partial charge in [-0.15, -0.1) is 0 Å². The SMILES string of the molecule is CCOc1cc(/C=C2/C(=O)NC(=S)N(c3ccccc3)C2=O)cc(I)c1OCC(=O)Nc1ccc(C)cc1. The number of nitrogens with zero attached hydrogens (tertiary/aromatic N) is 1. The van der Waals surface area contributed by atoms with Gasteiger partial charge in [0.25, 0.3) is 17.7 Å². The number of hydrogen-bond acceptors (Lipinski definition) is 6. The van der Waals surface area contributed by atoms with Crippen LogP contribution in [0.5, 0.6) is 11.5 Å². The molecule has 1 aliphatic rings. The average Bonchev–Trinajstić information content (AvgIpc) is 2.88. The zero-order valence-corrected chi connectivity index (χ0v) is 23.6. The molecule has 0 atom stereocenters. The molecule has 1 saturated heterocycles.